The smallest absolute Gasteiger partial charge is 0.262 e. The number of piperidine rings is 1. The zero-order valence-electron chi connectivity index (χ0n) is 12.8. The molecule has 2 saturated heterocycles. The number of carbonyl (C=O) groups is 1. The van der Waals surface area contributed by atoms with E-state index >= 15 is 0 Å². The van der Waals surface area contributed by atoms with Gasteiger partial charge in [-0.2, -0.15) is 0 Å². The molecule has 2 heterocycles. The zero-order valence-corrected chi connectivity index (χ0v) is 13.6. The number of hydrogen-bond acceptors (Lipinski definition) is 3. The van der Waals surface area contributed by atoms with E-state index in [9.17, 15) is 13.6 Å². The summed E-state index contributed by atoms with van der Waals surface area (Å²) in [5.41, 5.74) is 1.02. The van der Waals surface area contributed by atoms with Crippen molar-refractivity contribution in [3.05, 3.63) is 30.3 Å². The van der Waals surface area contributed by atoms with Gasteiger partial charge in [-0.3, -0.25) is 10.1 Å². The minimum Gasteiger partial charge on any atom is -0.381 e. The Morgan fingerprint density at radius 2 is 2.04 bits per heavy atom. The van der Waals surface area contributed by atoms with Crippen LogP contribution < -0.4 is 10.6 Å². The molecule has 23 heavy (non-hydrogen) atoms. The van der Waals surface area contributed by atoms with Crippen LogP contribution >= 0.6 is 12.4 Å². The largest absolute Gasteiger partial charge is 0.381 e. The molecule has 0 saturated carbocycles. The van der Waals surface area contributed by atoms with E-state index in [1.54, 1.807) is 4.90 Å². The molecule has 7 heteroatoms. The Balaban J connectivity index is 0.00000192. The van der Waals surface area contributed by atoms with E-state index in [1.165, 1.54) is 0 Å². The van der Waals surface area contributed by atoms with Gasteiger partial charge in [-0.05, 0) is 25.0 Å². The highest BCUT2D eigenvalue weighted by Crippen LogP contribution is 2.27. The summed E-state index contributed by atoms with van der Waals surface area (Å²) in [6.45, 7) is 0.815. The first-order chi connectivity index (χ1) is 10.5. The summed E-state index contributed by atoms with van der Waals surface area (Å²) in [4.78, 5) is 14.1. The average Bonchev–Trinajstić information content (AvgIpc) is 2.88. The fourth-order valence-electron chi connectivity index (χ4n) is 3.18. The molecule has 0 aromatic heterocycles. The molecule has 0 spiro atoms. The van der Waals surface area contributed by atoms with Crippen LogP contribution in [-0.2, 0) is 4.79 Å². The van der Waals surface area contributed by atoms with Crippen LogP contribution in [0.1, 0.15) is 19.3 Å². The lowest BCUT2D eigenvalue weighted by Gasteiger charge is -2.35. The molecule has 3 rings (SSSR count). The van der Waals surface area contributed by atoms with Crippen molar-refractivity contribution in [2.24, 2.45) is 0 Å². The van der Waals surface area contributed by atoms with Crippen LogP contribution in [0.15, 0.2) is 30.3 Å². The number of halogens is 3. The summed E-state index contributed by atoms with van der Waals surface area (Å²) in [7, 11) is 0. The molecule has 4 nitrogen and oxygen atoms in total. The van der Waals surface area contributed by atoms with Crippen LogP contribution in [0.3, 0.4) is 0 Å². The Morgan fingerprint density at radius 3 is 2.70 bits per heavy atom. The number of nitrogens with zero attached hydrogens (tertiary/aromatic N) is 1. The van der Waals surface area contributed by atoms with Crippen LogP contribution in [0.5, 0.6) is 0 Å². The number of nitrogens with one attached hydrogen (secondary N) is 2. The molecule has 0 radical (unpaired) electrons. The van der Waals surface area contributed by atoms with Crippen LogP contribution in [-0.4, -0.2) is 48.4 Å². The Morgan fingerprint density at radius 1 is 1.30 bits per heavy atom. The van der Waals surface area contributed by atoms with Gasteiger partial charge < -0.3 is 10.2 Å². The van der Waals surface area contributed by atoms with E-state index in [-0.39, 0.29) is 30.8 Å². The molecule has 1 aromatic rings. The maximum absolute atomic E-state index is 13.2. The van der Waals surface area contributed by atoms with Gasteiger partial charge in [0, 0.05) is 31.2 Å². The summed E-state index contributed by atoms with van der Waals surface area (Å²) in [6.07, 6.45) is 1.48. The first-order valence-corrected chi connectivity index (χ1v) is 7.75. The Bertz CT molecular complexity index is 529. The van der Waals surface area contributed by atoms with Gasteiger partial charge >= 0.3 is 0 Å². The van der Waals surface area contributed by atoms with Crippen molar-refractivity contribution < 1.29 is 13.6 Å². The van der Waals surface area contributed by atoms with Crippen molar-refractivity contribution >= 4 is 24.0 Å². The number of carbonyl (C=O) groups excluding carboxylic acids is 1. The summed E-state index contributed by atoms with van der Waals surface area (Å²) in [5, 5.41) is 6.06. The molecule has 1 aromatic carbocycles. The molecule has 2 atom stereocenters. The summed E-state index contributed by atoms with van der Waals surface area (Å²) in [6, 6.07) is 9.26. The van der Waals surface area contributed by atoms with Gasteiger partial charge in [0.05, 0.1) is 12.6 Å². The molecular formula is C16H22ClF2N3O. The molecule has 2 fully saturated rings. The van der Waals surface area contributed by atoms with Gasteiger partial charge in [0.1, 0.15) is 0 Å². The molecule has 2 aliphatic heterocycles. The van der Waals surface area contributed by atoms with Crippen LogP contribution in [0.4, 0.5) is 14.5 Å². The molecule has 0 bridgehead atoms. The maximum atomic E-state index is 13.2. The number of hydrogen-bond donors (Lipinski definition) is 2. The fraction of sp³-hybridized carbons (Fsp3) is 0.562. The second-order valence-electron chi connectivity index (χ2n) is 6.13. The van der Waals surface area contributed by atoms with E-state index in [0.717, 1.165) is 18.5 Å². The third-order valence-corrected chi connectivity index (χ3v) is 4.29. The molecule has 2 unspecified atom stereocenters. The van der Waals surface area contributed by atoms with Gasteiger partial charge in [0.2, 0.25) is 5.91 Å². The number of rotatable bonds is 3. The average molecular weight is 346 g/mol. The van der Waals surface area contributed by atoms with Crippen LogP contribution in [0.25, 0.3) is 0 Å². The Hall–Kier alpha value is -1.40. The van der Waals surface area contributed by atoms with Crippen molar-refractivity contribution in [2.75, 3.05) is 25.0 Å². The van der Waals surface area contributed by atoms with Crippen molar-refractivity contribution in [2.45, 2.75) is 37.3 Å². The van der Waals surface area contributed by atoms with Crippen molar-refractivity contribution in [1.82, 2.24) is 10.2 Å². The predicted octanol–water partition coefficient (Wildman–Crippen LogP) is 2.51. The minimum absolute atomic E-state index is 0. The Labute approximate surface area is 141 Å². The van der Waals surface area contributed by atoms with Crippen molar-refractivity contribution in [3.8, 4) is 0 Å². The van der Waals surface area contributed by atoms with Gasteiger partial charge in [-0.25, -0.2) is 8.78 Å². The molecular weight excluding hydrogens is 324 g/mol. The first-order valence-electron chi connectivity index (χ1n) is 7.75. The SMILES string of the molecule is Cl.O=C(C1CC(F)(F)CN1)N1CCCC(Nc2ccccc2)C1. The minimum atomic E-state index is -2.77. The van der Waals surface area contributed by atoms with Gasteiger partial charge in [0.25, 0.3) is 5.92 Å². The van der Waals surface area contributed by atoms with Gasteiger partial charge in [0.15, 0.2) is 0 Å². The second kappa shape index (κ2) is 7.45. The lowest BCUT2D eigenvalue weighted by molar-refractivity contribution is -0.134. The van der Waals surface area contributed by atoms with E-state index < -0.39 is 18.5 Å². The monoisotopic (exact) mass is 345 g/mol. The zero-order chi connectivity index (χ0) is 15.6. The van der Waals surface area contributed by atoms with E-state index in [1.807, 2.05) is 30.3 Å². The number of anilines is 1. The molecule has 2 aliphatic rings. The normalized spacial score (nSPS) is 26.4. The molecule has 1 amide bonds. The maximum Gasteiger partial charge on any atom is 0.262 e. The topological polar surface area (TPSA) is 44.4 Å². The van der Waals surface area contributed by atoms with Crippen molar-refractivity contribution in [1.29, 1.82) is 0 Å². The van der Waals surface area contributed by atoms with Crippen LogP contribution in [0.2, 0.25) is 0 Å². The number of likely N-dealkylation sites (tertiary alicyclic amines) is 1. The number of benzene rings is 1. The lowest BCUT2D eigenvalue weighted by atomic mass is 10.0. The van der Waals surface area contributed by atoms with E-state index in [2.05, 4.69) is 10.6 Å². The Kier molecular flexibility index (Phi) is 5.81. The number of alkyl halides is 2. The predicted molar refractivity (Wildman–Crippen MR) is 88.3 cm³/mol. The highest BCUT2D eigenvalue weighted by molar-refractivity contribution is 5.85. The number of para-hydroxylation sites is 1. The van der Waals surface area contributed by atoms with E-state index in [0.29, 0.717) is 13.1 Å². The standard InChI is InChI=1S/C16H21F2N3O.ClH/c17-16(18)9-14(19-11-16)15(22)21-8-4-7-13(10-21)20-12-5-2-1-3-6-12;/h1-3,5-6,13-14,19-20H,4,7-11H2;1H. The number of amides is 1. The molecule has 128 valence electrons. The third kappa shape index (κ3) is 4.54. The first kappa shape index (κ1) is 17.9. The highest BCUT2D eigenvalue weighted by atomic mass is 35.5. The van der Waals surface area contributed by atoms with E-state index in [4.69, 9.17) is 0 Å². The summed E-state index contributed by atoms with van der Waals surface area (Å²) in [5.74, 6) is -2.96. The fourth-order valence-corrected chi connectivity index (χ4v) is 3.18. The third-order valence-electron chi connectivity index (χ3n) is 4.29. The highest BCUT2D eigenvalue weighted by Gasteiger charge is 2.44. The quantitative estimate of drug-likeness (QED) is 0.884. The molecule has 0 aliphatic carbocycles. The summed E-state index contributed by atoms with van der Waals surface area (Å²) >= 11 is 0. The van der Waals surface area contributed by atoms with Crippen molar-refractivity contribution in [3.63, 3.8) is 0 Å². The van der Waals surface area contributed by atoms with Gasteiger partial charge in [-0.15, -0.1) is 12.4 Å². The molecule has 2 N–H and O–H groups in total. The van der Waals surface area contributed by atoms with Gasteiger partial charge in [-0.1, -0.05) is 18.2 Å². The second-order valence-corrected chi connectivity index (χ2v) is 6.13. The summed E-state index contributed by atoms with van der Waals surface area (Å²) < 4.78 is 26.5. The van der Waals surface area contributed by atoms with Crippen LogP contribution in [0, 0.1) is 0 Å². The lowest BCUT2D eigenvalue weighted by Crippen LogP contribution is -2.50.